The molecular weight excluding hydrogens is 538 g/mol. The van der Waals surface area contributed by atoms with Crippen molar-refractivity contribution >= 4 is 43.2 Å². The molecule has 0 unspecified atom stereocenters. The van der Waals surface area contributed by atoms with Crippen molar-refractivity contribution in [2.45, 2.75) is 38.6 Å². The number of sulfonamides is 1. The SMILES string of the molecule is COc1ccccc1N1CCN(S(=O)(=O)c2c(C)sc3ncn(CC(=O)N4C[C@H](C)C[C@H](C)C4)c(=O)c23)CC1. The van der Waals surface area contributed by atoms with Crippen molar-refractivity contribution < 1.29 is 17.9 Å². The minimum Gasteiger partial charge on any atom is -0.495 e. The number of benzene rings is 1. The first-order valence-corrected chi connectivity index (χ1v) is 15.5. The van der Waals surface area contributed by atoms with E-state index >= 15 is 0 Å². The molecule has 2 saturated heterocycles. The van der Waals surface area contributed by atoms with Gasteiger partial charge < -0.3 is 14.5 Å². The van der Waals surface area contributed by atoms with E-state index in [2.05, 4.69) is 23.7 Å². The number of hydrogen-bond donors (Lipinski definition) is 0. The summed E-state index contributed by atoms with van der Waals surface area (Å²) < 4.78 is 35.9. The molecule has 2 atom stereocenters. The van der Waals surface area contributed by atoms with E-state index in [0.717, 1.165) is 17.9 Å². The first kappa shape index (κ1) is 27.6. The van der Waals surface area contributed by atoms with E-state index in [0.29, 0.717) is 47.7 Å². The van der Waals surface area contributed by atoms with Crippen molar-refractivity contribution in [2.24, 2.45) is 11.8 Å². The number of aryl methyl sites for hydroxylation is 1. The van der Waals surface area contributed by atoms with Crippen LogP contribution in [0.4, 0.5) is 5.69 Å². The summed E-state index contributed by atoms with van der Waals surface area (Å²) in [5, 5.41) is 0.0698. The molecule has 1 amide bonds. The Labute approximate surface area is 232 Å². The minimum atomic E-state index is -3.96. The van der Waals surface area contributed by atoms with Gasteiger partial charge in [0.2, 0.25) is 15.9 Å². The van der Waals surface area contributed by atoms with Crippen molar-refractivity contribution in [2.75, 3.05) is 51.3 Å². The maximum absolute atomic E-state index is 13.9. The Kier molecular flexibility index (Phi) is 7.71. The zero-order valence-corrected chi connectivity index (χ0v) is 24.4. The molecule has 2 aromatic heterocycles. The largest absolute Gasteiger partial charge is 0.495 e. The molecule has 0 radical (unpaired) electrons. The standard InChI is InChI=1S/C27H35N5O5S2/c1-18-13-19(2)15-30(14-18)23(33)16-31-17-28-26-24(27(31)34)25(20(3)38-26)39(35,36)32-11-9-29(10-12-32)21-7-5-6-8-22(21)37-4/h5-8,17-19H,9-16H2,1-4H3/t18-,19+. The molecule has 2 aliphatic heterocycles. The van der Waals surface area contributed by atoms with Gasteiger partial charge in [0.05, 0.1) is 24.5 Å². The summed E-state index contributed by atoms with van der Waals surface area (Å²) in [6, 6.07) is 7.67. The first-order valence-electron chi connectivity index (χ1n) is 13.2. The Hall–Kier alpha value is -2.96. The van der Waals surface area contributed by atoms with Crippen LogP contribution in [0.3, 0.4) is 0 Å². The average molecular weight is 574 g/mol. The molecule has 3 aromatic rings. The number of hydrogen-bond acceptors (Lipinski definition) is 8. The molecular formula is C27H35N5O5S2. The van der Waals surface area contributed by atoms with E-state index < -0.39 is 15.6 Å². The maximum atomic E-state index is 13.9. The van der Waals surface area contributed by atoms with Crippen molar-refractivity contribution in [3.8, 4) is 5.75 Å². The van der Waals surface area contributed by atoms with Crippen LogP contribution < -0.4 is 15.2 Å². The number of nitrogens with zero attached hydrogens (tertiary/aromatic N) is 5. The lowest BCUT2D eigenvalue weighted by atomic mass is 9.92. The number of methoxy groups -OCH3 is 1. The second-order valence-corrected chi connectivity index (χ2v) is 13.7. The Morgan fingerprint density at radius 3 is 2.44 bits per heavy atom. The van der Waals surface area contributed by atoms with Gasteiger partial charge in [-0.15, -0.1) is 11.3 Å². The van der Waals surface area contributed by atoms with Gasteiger partial charge in [-0.3, -0.25) is 14.2 Å². The van der Waals surface area contributed by atoms with Crippen molar-refractivity contribution in [3.05, 3.63) is 45.8 Å². The number of para-hydroxylation sites is 2. The number of aromatic nitrogens is 2. The molecule has 2 fully saturated rings. The van der Waals surface area contributed by atoms with Crippen molar-refractivity contribution in [1.29, 1.82) is 0 Å². The molecule has 0 N–H and O–H groups in total. The van der Waals surface area contributed by atoms with Crippen LogP contribution in [0.25, 0.3) is 10.2 Å². The van der Waals surface area contributed by atoms with Crippen molar-refractivity contribution in [3.63, 3.8) is 0 Å². The van der Waals surface area contributed by atoms with Gasteiger partial charge in [-0.1, -0.05) is 26.0 Å². The van der Waals surface area contributed by atoms with Crippen LogP contribution in [0.2, 0.25) is 0 Å². The van der Waals surface area contributed by atoms with Crippen LogP contribution in [0.1, 0.15) is 25.1 Å². The highest BCUT2D eigenvalue weighted by Gasteiger charge is 2.34. The van der Waals surface area contributed by atoms with Gasteiger partial charge in [0.1, 0.15) is 22.0 Å². The summed E-state index contributed by atoms with van der Waals surface area (Å²) in [4.78, 5) is 35.9. The third-order valence-corrected chi connectivity index (χ3v) is 10.8. The first-order chi connectivity index (χ1) is 18.6. The van der Waals surface area contributed by atoms with Crippen LogP contribution in [-0.2, 0) is 21.4 Å². The fourth-order valence-electron chi connectivity index (χ4n) is 5.84. The maximum Gasteiger partial charge on any atom is 0.263 e. The number of rotatable bonds is 6. The minimum absolute atomic E-state index is 0.00718. The summed E-state index contributed by atoms with van der Waals surface area (Å²) in [6.45, 7) is 8.63. The van der Waals surface area contributed by atoms with Crippen LogP contribution in [0.5, 0.6) is 5.75 Å². The predicted octanol–water partition coefficient (Wildman–Crippen LogP) is 2.79. The lowest BCUT2D eigenvalue weighted by Gasteiger charge is -2.36. The number of fused-ring (bicyclic) bond motifs is 1. The number of likely N-dealkylation sites (tertiary alicyclic amines) is 1. The van der Waals surface area contributed by atoms with Crippen LogP contribution >= 0.6 is 11.3 Å². The molecule has 39 heavy (non-hydrogen) atoms. The second-order valence-electron chi connectivity index (χ2n) is 10.7. The van der Waals surface area contributed by atoms with Crippen LogP contribution in [0.15, 0.2) is 40.3 Å². The fraction of sp³-hybridized carbons (Fsp3) is 0.519. The highest BCUT2D eigenvalue weighted by atomic mass is 32.2. The lowest BCUT2D eigenvalue weighted by Crippen LogP contribution is -2.49. The topological polar surface area (TPSA) is 105 Å². The third-order valence-electron chi connectivity index (χ3n) is 7.59. The van der Waals surface area contributed by atoms with E-state index in [-0.39, 0.29) is 35.8 Å². The smallest absolute Gasteiger partial charge is 0.263 e. The Bertz CT molecular complexity index is 1530. The van der Waals surface area contributed by atoms with Gasteiger partial charge in [-0.2, -0.15) is 4.31 Å². The number of amides is 1. The highest BCUT2D eigenvalue weighted by Crippen LogP contribution is 2.34. The molecule has 12 heteroatoms. The summed E-state index contributed by atoms with van der Waals surface area (Å²) in [5.74, 6) is 1.38. The van der Waals surface area contributed by atoms with E-state index in [1.807, 2.05) is 24.3 Å². The number of piperazine rings is 1. The van der Waals surface area contributed by atoms with E-state index in [1.54, 1.807) is 18.9 Å². The number of carbonyl (C=O) groups excluding carboxylic acids is 1. The van der Waals surface area contributed by atoms with Crippen LogP contribution in [0, 0.1) is 18.8 Å². The molecule has 0 saturated carbocycles. The Morgan fingerprint density at radius 1 is 1.10 bits per heavy atom. The van der Waals surface area contributed by atoms with E-state index in [9.17, 15) is 18.0 Å². The summed E-state index contributed by atoms with van der Waals surface area (Å²) in [5.41, 5.74) is 0.422. The van der Waals surface area contributed by atoms with Gasteiger partial charge in [0, 0.05) is 44.1 Å². The van der Waals surface area contributed by atoms with Crippen LogP contribution in [-0.4, -0.2) is 79.5 Å². The number of carbonyl (C=O) groups is 1. The number of piperidine rings is 1. The van der Waals surface area contributed by atoms with E-state index in [1.165, 1.54) is 26.5 Å². The molecule has 10 nitrogen and oxygen atoms in total. The second kappa shape index (κ2) is 10.9. The van der Waals surface area contributed by atoms with Gasteiger partial charge in [0.25, 0.3) is 5.56 Å². The van der Waals surface area contributed by atoms with Gasteiger partial charge in [-0.05, 0) is 37.3 Å². The number of anilines is 1. The fourth-order valence-corrected chi connectivity index (χ4v) is 8.93. The third kappa shape index (κ3) is 5.29. The number of ether oxygens (including phenoxy) is 1. The Balaban J connectivity index is 1.40. The summed E-state index contributed by atoms with van der Waals surface area (Å²) in [6.07, 6.45) is 2.43. The van der Waals surface area contributed by atoms with Gasteiger partial charge >= 0.3 is 0 Å². The quantitative estimate of drug-likeness (QED) is 0.447. The zero-order chi connectivity index (χ0) is 27.9. The molecule has 0 aliphatic carbocycles. The average Bonchev–Trinajstić information content (AvgIpc) is 3.27. The Morgan fingerprint density at radius 2 is 1.77 bits per heavy atom. The lowest BCUT2D eigenvalue weighted by molar-refractivity contribution is -0.134. The molecule has 2 aliphatic rings. The predicted molar refractivity (Wildman–Crippen MR) is 152 cm³/mol. The molecule has 210 valence electrons. The number of thiophene rings is 1. The molecule has 0 spiro atoms. The zero-order valence-electron chi connectivity index (χ0n) is 22.8. The summed E-state index contributed by atoms with van der Waals surface area (Å²) >= 11 is 1.19. The summed E-state index contributed by atoms with van der Waals surface area (Å²) in [7, 11) is -2.35. The molecule has 4 heterocycles. The monoisotopic (exact) mass is 573 g/mol. The van der Waals surface area contributed by atoms with Crippen molar-refractivity contribution in [1.82, 2.24) is 18.8 Å². The molecule has 1 aromatic carbocycles. The van der Waals surface area contributed by atoms with Gasteiger partial charge in [-0.25, -0.2) is 13.4 Å². The highest BCUT2D eigenvalue weighted by molar-refractivity contribution is 7.89. The molecule has 5 rings (SSSR count). The van der Waals surface area contributed by atoms with E-state index in [4.69, 9.17) is 4.74 Å². The van der Waals surface area contributed by atoms with Gasteiger partial charge in [0.15, 0.2) is 0 Å². The molecule has 0 bridgehead atoms. The normalized spacial score (nSPS) is 20.9.